The molecule has 1 amide bonds. The van der Waals surface area contributed by atoms with Gasteiger partial charge in [0.05, 0.1) is 17.0 Å². The van der Waals surface area contributed by atoms with Gasteiger partial charge in [-0.15, -0.1) is 0 Å². The topological polar surface area (TPSA) is 49.3 Å². The Bertz CT molecular complexity index is 187. The summed E-state index contributed by atoms with van der Waals surface area (Å²) in [6.07, 6.45) is 0.797. The molecular formula is C10H20BrNO2. The van der Waals surface area contributed by atoms with Crippen LogP contribution in [-0.2, 0) is 4.79 Å². The molecule has 0 aromatic heterocycles. The highest BCUT2D eigenvalue weighted by Crippen LogP contribution is 2.16. The van der Waals surface area contributed by atoms with Crippen LogP contribution in [-0.4, -0.2) is 28.0 Å². The molecular weight excluding hydrogens is 246 g/mol. The maximum atomic E-state index is 11.5. The Morgan fingerprint density at radius 3 is 2.29 bits per heavy atom. The standard InChI is InChI=1S/C10H20BrNO2/c1-7(2)5-8(6-13)12-9(14)10(3,4)11/h7-8,13H,5-6H2,1-4H3,(H,12,14). The molecule has 84 valence electrons. The van der Waals surface area contributed by atoms with Crippen molar-refractivity contribution in [1.29, 1.82) is 0 Å². The van der Waals surface area contributed by atoms with Gasteiger partial charge in [-0.25, -0.2) is 0 Å². The molecule has 3 nitrogen and oxygen atoms in total. The molecule has 14 heavy (non-hydrogen) atoms. The van der Waals surface area contributed by atoms with Crippen molar-refractivity contribution < 1.29 is 9.90 Å². The SMILES string of the molecule is CC(C)CC(CO)NC(=O)C(C)(C)Br. The van der Waals surface area contributed by atoms with Crippen LogP contribution in [0.5, 0.6) is 0 Å². The van der Waals surface area contributed by atoms with Crippen LogP contribution in [0.15, 0.2) is 0 Å². The summed E-state index contributed by atoms with van der Waals surface area (Å²) in [6, 6.07) is -0.140. The molecule has 0 rings (SSSR count). The molecule has 0 fully saturated rings. The molecule has 2 N–H and O–H groups in total. The van der Waals surface area contributed by atoms with E-state index < -0.39 is 4.32 Å². The summed E-state index contributed by atoms with van der Waals surface area (Å²) >= 11 is 3.27. The van der Waals surface area contributed by atoms with Crippen LogP contribution in [0.4, 0.5) is 0 Å². The summed E-state index contributed by atoms with van der Waals surface area (Å²) in [7, 11) is 0. The number of aliphatic hydroxyl groups excluding tert-OH is 1. The van der Waals surface area contributed by atoms with E-state index in [9.17, 15) is 4.79 Å². The van der Waals surface area contributed by atoms with Crippen LogP contribution in [0.3, 0.4) is 0 Å². The summed E-state index contributed by atoms with van der Waals surface area (Å²) in [6.45, 7) is 7.69. The van der Waals surface area contributed by atoms with Crippen molar-refractivity contribution in [2.75, 3.05) is 6.61 Å². The van der Waals surface area contributed by atoms with Gasteiger partial charge in [0.1, 0.15) is 0 Å². The third kappa shape index (κ3) is 5.60. The van der Waals surface area contributed by atoms with Crippen molar-refractivity contribution in [2.24, 2.45) is 5.92 Å². The number of hydrogen-bond acceptors (Lipinski definition) is 2. The van der Waals surface area contributed by atoms with Crippen LogP contribution >= 0.6 is 15.9 Å². The summed E-state index contributed by atoms with van der Waals surface area (Å²) in [4.78, 5) is 11.5. The van der Waals surface area contributed by atoms with Crippen LogP contribution < -0.4 is 5.32 Å². The number of nitrogens with one attached hydrogen (secondary N) is 1. The molecule has 0 saturated carbocycles. The lowest BCUT2D eigenvalue weighted by molar-refractivity contribution is -0.123. The maximum Gasteiger partial charge on any atom is 0.236 e. The Balaban J connectivity index is 4.12. The molecule has 0 aliphatic carbocycles. The van der Waals surface area contributed by atoms with Crippen molar-refractivity contribution in [3.05, 3.63) is 0 Å². The molecule has 0 aliphatic rings. The molecule has 1 unspecified atom stereocenters. The molecule has 0 heterocycles. The number of amides is 1. The van der Waals surface area contributed by atoms with Gasteiger partial charge in [-0.05, 0) is 26.2 Å². The normalized spacial score (nSPS) is 14.2. The van der Waals surface area contributed by atoms with Crippen molar-refractivity contribution >= 4 is 21.8 Å². The van der Waals surface area contributed by atoms with Gasteiger partial charge in [-0.2, -0.15) is 0 Å². The van der Waals surface area contributed by atoms with E-state index in [0.29, 0.717) is 5.92 Å². The maximum absolute atomic E-state index is 11.5. The van der Waals surface area contributed by atoms with E-state index in [1.54, 1.807) is 13.8 Å². The van der Waals surface area contributed by atoms with Crippen LogP contribution in [0.1, 0.15) is 34.1 Å². The van der Waals surface area contributed by atoms with Crippen molar-refractivity contribution in [3.63, 3.8) is 0 Å². The lowest BCUT2D eigenvalue weighted by Crippen LogP contribution is -2.45. The molecule has 1 atom stereocenters. The first-order chi connectivity index (χ1) is 6.27. The molecule has 0 saturated heterocycles. The Kier molecular flexibility index (Phi) is 5.67. The lowest BCUT2D eigenvalue weighted by Gasteiger charge is -2.23. The van der Waals surface area contributed by atoms with Gasteiger partial charge in [0.2, 0.25) is 5.91 Å². The highest BCUT2D eigenvalue weighted by Gasteiger charge is 2.25. The van der Waals surface area contributed by atoms with Crippen LogP contribution in [0.25, 0.3) is 0 Å². The molecule has 0 aromatic carbocycles. The number of aliphatic hydroxyl groups is 1. The smallest absolute Gasteiger partial charge is 0.236 e. The number of carbonyl (C=O) groups is 1. The first-order valence-electron chi connectivity index (χ1n) is 4.88. The molecule has 0 aliphatic heterocycles. The Labute approximate surface area is 94.4 Å². The van der Waals surface area contributed by atoms with Crippen molar-refractivity contribution in [1.82, 2.24) is 5.32 Å². The van der Waals surface area contributed by atoms with Crippen molar-refractivity contribution in [2.45, 2.75) is 44.5 Å². The highest BCUT2D eigenvalue weighted by molar-refractivity contribution is 9.10. The second-order valence-corrected chi connectivity index (χ2v) is 6.44. The van der Waals surface area contributed by atoms with Gasteiger partial charge in [0.15, 0.2) is 0 Å². The number of halogens is 1. The quantitative estimate of drug-likeness (QED) is 0.744. The Morgan fingerprint density at radius 1 is 1.50 bits per heavy atom. The fourth-order valence-electron chi connectivity index (χ4n) is 1.11. The minimum absolute atomic E-state index is 0.00694. The molecule has 0 radical (unpaired) electrons. The third-order valence-electron chi connectivity index (χ3n) is 1.85. The second-order valence-electron chi connectivity index (χ2n) is 4.45. The fourth-order valence-corrected chi connectivity index (χ4v) is 1.22. The summed E-state index contributed by atoms with van der Waals surface area (Å²) in [5, 5.41) is 11.9. The van der Waals surface area contributed by atoms with Crippen LogP contribution in [0, 0.1) is 5.92 Å². The molecule has 4 heteroatoms. The van der Waals surface area contributed by atoms with Gasteiger partial charge in [0.25, 0.3) is 0 Å². The summed E-state index contributed by atoms with van der Waals surface area (Å²) < 4.78 is -0.572. The Hall–Kier alpha value is -0.0900. The molecule has 0 bridgehead atoms. The summed E-state index contributed by atoms with van der Waals surface area (Å²) in [5.41, 5.74) is 0. The van der Waals surface area contributed by atoms with E-state index >= 15 is 0 Å². The number of rotatable bonds is 5. The largest absolute Gasteiger partial charge is 0.394 e. The first-order valence-corrected chi connectivity index (χ1v) is 5.67. The average molecular weight is 266 g/mol. The van der Waals surface area contributed by atoms with Gasteiger partial charge in [-0.3, -0.25) is 4.79 Å². The fraction of sp³-hybridized carbons (Fsp3) is 0.900. The number of alkyl halides is 1. The lowest BCUT2D eigenvalue weighted by atomic mass is 10.0. The average Bonchev–Trinajstić information content (AvgIpc) is 2.00. The monoisotopic (exact) mass is 265 g/mol. The van der Waals surface area contributed by atoms with E-state index in [1.807, 2.05) is 0 Å². The first kappa shape index (κ1) is 13.9. The van der Waals surface area contributed by atoms with Gasteiger partial charge in [-0.1, -0.05) is 29.8 Å². The second kappa shape index (κ2) is 5.71. The van der Waals surface area contributed by atoms with Crippen molar-refractivity contribution in [3.8, 4) is 0 Å². The predicted molar refractivity (Wildman–Crippen MR) is 61.5 cm³/mol. The molecule has 0 aromatic rings. The minimum Gasteiger partial charge on any atom is -0.394 e. The molecule has 0 spiro atoms. The van der Waals surface area contributed by atoms with Gasteiger partial charge in [0, 0.05) is 0 Å². The predicted octanol–water partition coefficient (Wildman–Crippen LogP) is 1.68. The van der Waals surface area contributed by atoms with Crippen LogP contribution in [0.2, 0.25) is 0 Å². The Morgan fingerprint density at radius 2 is 2.00 bits per heavy atom. The zero-order valence-electron chi connectivity index (χ0n) is 9.30. The van der Waals surface area contributed by atoms with E-state index in [4.69, 9.17) is 5.11 Å². The van der Waals surface area contributed by atoms with E-state index in [2.05, 4.69) is 35.1 Å². The minimum atomic E-state index is -0.572. The zero-order chi connectivity index (χ0) is 11.4. The van der Waals surface area contributed by atoms with E-state index in [1.165, 1.54) is 0 Å². The van der Waals surface area contributed by atoms with E-state index in [0.717, 1.165) is 6.42 Å². The number of hydrogen-bond donors (Lipinski definition) is 2. The third-order valence-corrected chi connectivity index (χ3v) is 2.21. The highest BCUT2D eigenvalue weighted by atomic mass is 79.9. The zero-order valence-corrected chi connectivity index (χ0v) is 10.9. The number of carbonyl (C=O) groups excluding carboxylic acids is 1. The van der Waals surface area contributed by atoms with Gasteiger partial charge >= 0.3 is 0 Å². The summed E-state index contributed by atoms with van der Waals surface area (Å²) in [5.74, 6) is 0.378. The van der Waals surface area contributed by atoms with Gasteiger partial charge < -0.3 is 10.4 Å². The van der Waals surface area contributed by atoms with E-state index in [-0.39, 0.29) is 18.6 Å².